The summed E-state index contributed by atoms with van der Waals surface area (Å²) in [5.41, 5.74) is 6.93. The molecule has 0 fully saturated rings. The molecule has 2 aromatic carbocycles. The summed E-state index contributed by atoms with van der Waals surface area (Å²) >= 11 is 0. The first-order chi connectivity index (χ1) is 12.4. The van der Waals surface area contributed by atoms with Gasteiger partial charge in [-0.2, -0.15) is 4.31 Å². The van der Waals surface area contributed by atoms with Crippen LogP contribution in [0.3, 0.4) is 0 Å². The lowest BCUT2D eigenvalue weighted by Crippen LogP contribution is -2.32. The van der Waals surface area contributed by atoms with Crippen molar-refractivity contribution in [2.75, 3.05) is 27.2 Å². The topological polar surface area (TPSA) is 83.7 Å². The monoisotopic (exact) mass is 411 g/mol. The molecule has 27 heavy (non-hydrogen) atoms. The number of carbonyl (C=O) groups excluding carboxylic acids is 1. The minimum atomic E-state index is -3.68. The van der Waals surface area contributed by atoms with Gasteiger partial charge in [0.1, 0.15) is 0 Å². The van der Waals surface area contributed by atoms with Crippen LogP contribution in [0.25, 0.3) is 0 Å². The maximum Gasteiger partial charge on any atom is 0.253 e. The SMILES string of the molecule is CN(C)C(=O)c1ccc(S(=O)(=O)N(CCCN)Cc2ccccc2)cc1.Cl. The normalized spacial score (nSPS) is 11.1. The summed E-state index contributed by atoms with van der Waals surface area (Å²) in [6, 6.07) is 15.5. The maximum absolute atomic E-state index is 13.0. The van der Waals surface area contributed by atoms with Gasteiger partial charge in [-0.1, -0.05) is 30.3 Å². The number of halogens is 1. The van der Waals surface area contributed by atoms with E-state index < -0.39 is 10.0 Å². The second-order valence-corrected chi connectivity index (χ2v) is 8.13. The molecule has 0 saturated heterocycles. The molecule has 0 unspecified atom stereocenters. The van der Waals surface area contributed by atoms with Gasteiger partial charge in [0.25, 0.3) is 5.91 Å². The van der Waals surface area contributed by atoms with E-state index in [0.29, 0.717) is 25.1 Å². The van der Waals surface area contributed by atoms with Crippen molar-refractivity contribution in [2.45, 2.75) is 17.9 Å². The molecular formula is C19H26ClN3O3S. The van der Waals surface area contributed by atoms with E-state index >= 15 is 0 Å². The molecule has 8 heteroatoms. The fourth-order valence-corrected chi connectivity index (χ4v) is 3.98. The number of amides is 1. The number of benzene rings is 2. The van der Waals surface area contributed by atoms with E-state index in [2.05, 4.69) is 0 Å². The molecule has 0 aliphatic rings. The molecule has 0 radical (unpaired) electrons. The summed E-state index contributed by atoms with van der Waals surface area (Å²) < 4.78 is 27.5. The number of sulfonamides is 1. The third-order valence-electron chi connectivity index (χ3n) is 3.96. The highest BCUT2D eigenvalue weighted by Crippen LogP contribution is 2.20. The molecular weight excluding hydrogens is 386 g/mol. The number of carbonyl (C=O) groups is 1. The Labute approximate surface area is 167 Å². The molecule has 6 nitrogen and oxygen atoms in total. The van der Waals surface area contributed by atoms with Crippen LogP contribution in [0.2, 0.25) is 0 Å². The standard InChI is InChI=1S/C19H25N3O3S.ClH/c1-21(2)19(23)17-9-11-18(12-10-17)26(24,25)22(14-6-13-20)15-16-7-4-3-5-8-16;/h3-5,7-12H,6,13-15,20H2,1-2H3;1H. The first-order valence-electron chi connectivity index (χ1n) is 8.42. The van der Waals surface area contributed by atoms with Crippen molar-refractivity contribution in [1.82, 2.24) is 9.21 Å². The second-order valence-electron chi connectivity index (χ2n) is 6.19. The fraction of sp³-hybridized carbons (Fsp3) is 0.316. The van der Waals surface area contributed by atoms with Crippen LogP contribution >= 0.6 is 12.4 Å². The van der Waals surface area contributed by atoms with E-state index in [0.717, 1.165) is 5.56 Å². The third kappa shape index (κ3) is 6.04. The first kappa shape index (κ1) is 23.1. The van der Waals surface area contributed by atoms with E-state index in [1.807, 2.05) is 30.3 Å². The van der Waals surface area contributed by atoms with Gasteiger partial charge in [0.15, 0.2) is 0 Å². The Bertz CT molecular complexity index is 825. The highest BCUT2D eigenvalue weighted by atomic mass is 35.5. The predicted octanol–water partition coefficient (Wildman–Crippen LogP) is 2.35. The van der Waals surface area contributed by atoms with Gasteiger partial charge in [0.2, 0.25) is 10.0 Å². The van der Waals surface area contributed by atoms with E-state index in [1.165, 1.54) is 21.3 Å². The number of nitrogens with zero attached hydrogens (tertiary/aromatic N) is 2. The molecule has 2 rings (SSSR count). The molecule has 0 heterocycles. The van der Waals surface area contributed by atoms with Crippen LogP contribution in [0.15, 0.2) is 59.5 Å². The first-order valence-corrected chi connectivity index (χ1v) is 9.86. The molecule has 0 spiro atoms. The average Bonchev–Trinajstić information content (AvgIpc) is 2.65. The highest BCUT2D eigenvalue weighted by Gasteiger charge is 2.24. The molecule has 0 bridgehead atoms. The van der Waals surface area contributed by atoms with Gasteiger partial charge in [-0.05, 0) is 42.8 Å². The molecule has 0 saturated carbocycles. The average molecular weight is 412 g/mol. The quantitative estimate of drug-likeness (QED) is 0.722. The van der Waals surface area contributed by atoms with Gasteiger partial charge < -0.3 is 10.6 Å². The summed E-state index contributed by atoms with van der Waals surface area (Å²) in [4.78, 5) is 13.6. The van der Waals surface area contributed by atoms with Crippen LogP contribution < -0.4 is 5.73 Å². The minimum Gasteiger partial charge on any atom is -0.345 e. The van der Waals surface area contributed by atoms with Crippen LogP contribution in [0.1, 0.15) is 22.3 Å². The van der Waals surface area contributed by atoms with Crippen LogP contribution in [-0.2, 0) is 16.6 Å². The van der Waals surface area contributed by atoms with Gasteiger partial charge in [0, 0.05) is 32.7 Å². The van der Waals surface area contributed by atoms with E-state index in [1.54, 1.807) is 26.2 Å². The summed E-state index contributed by atoms with van der Waals surface area (Å²) in [6.45, 7) is 1.03. The van der Waals surface area contributed by atoms with Crippen LogP contribution in [-0.4, -0.2) is 50.7 Å². The zero-order valence-corrected chi connectivity index (χ0v) is 17.2. The minimum absolute atomic E-state index is 0. The molecule has 1 amide bonds. The maximum atomic E-state index is 13.0. The smallest absolute Gasteiger partial charge is 0.253 e. The molecule has 148 valence electrons. The summed E-state index contributed by atoms with van der Waals surface area (Å²) in [5, 5.41) is 0. The molecule has 0 aliphatic heterocycles. The largest absolute Gasteiger partial charge is 0.345 e. The van der Waals surface area contributed by atoms with Crippen molar-refractivity contribution in [3.8, 4) is 0 Å². The Balaban J connectivity index is 0.00000364. The molecule has 2 N–H and O–H groups in total. The number of rotatable bonds is 8. The van der Waals surface area contributed by atoms with Crippen molar-refractivity contribution in [3.63, 3.8) is 0 Å². The number of hydrogen-bond donors (Lipinski definition) is 1. The second kappa shape index (κ2) is 10.4. The predicted molar refractivity (Wildman–Crippen MR) is 109 cm³/mol. The molecule has 2 aromatic rings. The Morgan fingerprint density at radius 1 is 1.00 bits per heavy atom. The Morgan fingerprint density at radius 3 is 2.11 bits per heavy atom. The summed E-state index contributed by atoms with van der Waals surface area (Å²) in [6.07, 6.45) is 0.573. The van der Waals surface area contributed by atoms with Crippen molar-refractivity contribution in [3.05, 3.63) is 65.7 Å². The highest BCUT2D eigenvalue weighted by molar-refractivity contribution is 7.89. The van der Waals surface area contributed by atoms with Gasteiger partial charge >= 0.3 is 0 Å². The zero-order valence-electron chi connectivity index (χ0n) is 15.5. The fourth-order valence-electron chi connectivity index (χ4n) is 2.52. The van der Waals surface area contributed by atoms with Gasteiger partial charge in [0.05, 0.1) is 4.90 Å². The molecule has 0 atom stereocenters. The Kier molecular flexibility index (Phi) is 8.92. The Morgan fingerprint density at radius 2 is 1.59 bits per heavy atom. The van der Waals surface area contributed by atoms with Crippen molar-refractivity contribution in [1.29, 1.82) is 0 Å². The van der Waals surface area contributed by atoms with Crippen molar-refractivity contribution >= 4 is 28.3 Å². The number of hydrogen-bond acceptors (Lipinski definition) is 4. The molecule has 0 aliphatic carbocycles. The van der Waals surface area contributed by atoms with Crippen LogP contribution in [0.4, 0.5) is 0 Å². The lowest BCUT2D eigenvalue weighted by molar-refractivity contribution is 0.0827. The lowest BCUT2D eigenvalue weighted by Gasteiger charge is -2.22. The van der Waals surface area contributed by atoms with Crippen molar-refractivity contribution < 1.29 is 13.2 Å². The van der Waals surface area contributed by atoms with Crippen LogP contribution in [0.5, 0.6) is 0 Å². The zero-order chi connectivity index (χ0) is 19.2. The van der Waals surface area contributed by atoms with E-state index in [-0.39, 0.29) is 29.8 Å². The van der Waals surface area contributed by atoms with Gasteiger partial charge in [-0.3, -0.25) is 4.79 Å². The summed E-state index contributed by atoms with van der Waals surface area (Å²) in [5.74, 6) is -0.168. The van der Waals surface area contributed by atoms with Crippen LogP contribution in [0, 0.1) is 0 Å². The van der Waals surface area contributed by atoms with E-state index in [9.17, 15) is 13.2 Å². The lowest BCUT2D eigenvalue weighted by atomic mass is 10.2. The van der Waals surface area contributed by atoms with E-state index in [4.69, 9.17) is 5.73 Å². The van der Waals surface area contributed by atoms with Gasteiger partial charge in [-0.25, -0.2) is 8.42 Å². The summed E-state index contributed by atoms with van der Waals surface area (Å²) in [7, 11) is -0.373. The molecule has 0 aromatic heterocycles. The Hall–Kier alpha value is -1.93. The third-order valence-corrected chi connectivity index (χ3v) is 5.82. The van der Waals surface area contributed by atoms with Gasteiger partial charge in [-0.15, -0.1) is 12.4 Å². The number of nitrogens with two attached hydrogens (primary N) is 1. The van der Waals surface area contributed by atoms with Crippen molar-refractivity contribution in [2.24, 2.45) is 5.73 Å².